The maximum atomic E-state index is 14.0. The molecule has 132 valence electrons. The van der Waals surface area contributed by atoms with E-state index in [9.17, 15) is 9.18 Å². The van der Waals surface area contributed by atoms with Gasteiger partial charge in [-0.25, -0.2) is 19.3 Å². The fraction of sp³-hybridized carbons (Fsp3) is 0.158. The van der Waals surface area contributed by atoms with Crippen molar-refractivity contribution in [1.29, 1.82) is 0 Å². The zero-order chi connectivity index (χ0) is 18.4. The highest BCUT2D eigenvalue weighted by molar-refractivity contribution is 5.87. The van der Waals surface area contributed by atoms with Crippen LogP contribution < -0.4 is 10.6 Å². The maximum absolute atomic E-state index is 14.0. The van der Waals surface area contributed by atoms with E-state index in [1.54, 1.807) is 18.3 Å². The number of halogens is 1. The van der Waals surface area contributed by atoms with Gasteiger partial charge in [0.05, 0.1) is 23.8 Å². The van der Waals surface area contributed by atoms with Crippen molar-refractivity contribution in [2.45, 2.75) is 19.8 Å². The normalized spacial score (nSPS) is 10.4. The van der Waals surface area contributed by atoms with Gasteiger partial charge in [-0.3, -0.25) is 4.79 Å². The van der Waals surface area contributed by atoms with E-state index in [1.165, 1.54) is 6.92 Å². The number of benzene rings is 1. The molecule has 1 amide bonds. The van der Waals surface area contributed by atoms with Crippen molar-refractivity contribution in [2.75, 3.05) is 10.6 Å². The Morgan fingerprint density at radius 2 is 1.85 bits per heavy atom. The van der Waals surface area contributed by atoms with Crippen LogP contribution in [0.3, 0.4) is 0 Å². The Hall–Kier alpha value is -3.35. The third-order valence-electron chi connectivity index (χ3n) is 3.63. The summed E-state index contributed by atoms with van der Waals surface area (Å²) in [5.41, 5.74) is 2.12. The molecule has 0 radical (unpaired) electrons. The number of nitrogens with one attached hydrogen (secondary N) is 2. The van der Waals surface area contributed by atoms with Gasteiger partial charge in [0.2, 0.25) is 11.9 Å². The smallest absolute Gasteiger partial charge is 0.227 e. The molecule has 0 atom stereocenters. The van der Waals surface area contributed by atoms with E-state index in [2.05, 4.69) is 25.6 Å². The van der Waals surface area contributed by atoms with Crippen LogP contribution in [0.4, 0.5) is 21.8 Å². The van der Waals surface area contributed by atoms with E-state index in [0.29, 0.717) is 36.0 Å². The number of hydrogen-bond donors (Lipinski definition) is 2. The summed E-state index contributed by atoms with van der Waals surface area (Å²) in [7, 11) is 0. The van der Waals surface area contributed by atoms with Crippen LogP contribution in [-0.2, 0) is 17.6 Å². The van der Waals surface area contributed by atoms with Crippen LogP contribution in [0.1, 0.15) is 18.2 Å². The molecule has 0 fully saturated rings. The van der Waals surface area contributed by atoms with Crippen molar-refractivity contribution in [3.8, 4) is 0 Å². The second-order valence-electron chi connectivity index (χ2n) is 5.71. The van der Waals surface area contributed by atoms with Crippen molar-refractivity contribution in [3.63, 3.8) is 0 Å². The Morgan fingerprint density at radius 3 is 2.54 bits per heavy atom. The number of anilines is 3. The molecule has 6 nitrogen and oxygen atoms in total. The predicted molar refractivity (Wildman–Crippen MR) is 97.7 cm³/mol. The Labute approximate surface area is 150 Å². The van der Waals surface area contributed by atoms with Gasteiger partial charge in [-0.1, -0.05) is 30.3 Å². The third-order valence-corrected chi connectivity index (χ3v) is 3.63. The molecule has 1 aromatic carbocycles. The van der Waals surface area contributed by atoms with Crippen LogP contribution in [0.2, 0.25) is 0 Å². The lowest BCUT2D eigenvalue weighted by atomic mass is 10.1. The van der Waals surface area contributed by atoms with Crippen LogP contribution in [0.15, 0.2) is 54.9 Å². The molecule has 2 heterocycles. The number of hydrogen-bond acceptors (Lipinski definition) is 5. The zero-order valence-corrected chi connectivity index (χ0v) is 14.2. The summed E-state index contributed by atoms with van der Waals surface area (Å²) in [5, 5.41) is 5.57. The van der Waals surface area contributed by atoms with E-state index in [-0.39, 0.29) is 5.91 Å². The van der Waals surface area contributed by atoms with Gasteiger partial charge in [-0.15, -0.1) is 0 Å². The molecule has 3 aromatic rings. The van der Waals surface area contributed by atoms with Gasteiger partial charge in [-0.2, -0.15) is 0 Å². The van der Waals surface area contributed by atoms with Crippen LogP contribution in [0, 0.1) is 5.82 Å². The molecule has 0 aliphatic rings. The predicted octanol–water partition coefficient (Wildman–Crippen LogP) is 3.50. The summed E-state index contributed by atoms with van der Waals surface area (Å²) in [6, 6.07) is 13.2. The van der Waals surface area contributed by atoms with Gasteiger partial charge in [0.25, 0.3) is 0 Å². The summed E-state index contributed by atoms with van der Waals surface area (Å²) in [5.74, 6) is 0.129. The topological polar surface area (TPSA) is 79.8 Å². The summed E-state index contributed by atoms with van der Waals surface area (Å²) in [6.07, 6.45) is 3.88. The molecule has 26 heavy (non-hydrogen) atoms. The molecule has 0 unspecified atom stereocenters. The fourth-order valence-electron chi connectivity index (χ4n) is 2.40. The number of carbonyl (C=O) groups excluding carboxylic acids is 1. The van der Waals surface area contributed by atoms with Gasteiger partial charge >= 0.3 is 0 Å². The molecule has 0 saturated heterocycles. The number of amides is 1. The highest BCUT2D eigenvalue weighted by Gasteiger charge is 2.08. The molecule has 0 bridgehead atoms. The highest BCUT2D eigenvalue weighted by atomic mass is 19.1. The molecule has 0 aliphatic heterocycles. The highest BCUT2D eigenvalue weighted by Crippen LogP contribution is 2.16. The first-order chi connectivity index (χ1) is 12.6. The minimum Gasteiger partial charge on any atom is -0.323 e. The second-order valence-corrected chi connectivity index (χ2v) is 5.71. The van der Waals surface area contributed by atoms with Gasteiger partial charge < -0.3 is 10.6 Å². The number of carbonyl (C=O) groups is 1. The van der Waals surface area contributed by atoms with E-state index >= 15 is 0 Å². The van der Waals surface area contributed by atoms with Gasteiger partial charge in [0.15, 0.2) is 5.82 Å². The van der Waals surface area contributed by atoms with Gasteiger partial charge in [0.1, 0.15) is 5.82 Å². The first-order valence-corrected chi connectivity index (χ1v) is 8.16. The SMILES string of the molecule is CC(=O)Nc1ccc(Nc2ncc(F)c(CCc3ccccc3)n2)cn1. The summed E-state index contributed by atoms with van der Waals surface area (Å²) >= 11 is 0. The van der Waals surface area contributed by atoms with Crippen molar-refractivity contribution in [2.24, 2.45) is 0 Å². The fourth-order valence-corrected chi connectivity index (χ4v) is 2.40. The first-order valence-electron chi connectivity index (χ1n) is 8.16. The number of aryl methyl sites for hydroxylation is 2. The molecule has 0 aliphatic carbocycles. The molecule has 3 rings (SSSR count). The van der Waals surface area contributed by atoms with Crippen LogP contribution >= 0.6 is 0 Å². The molecular formula is C19H18FN5O. The van der Waals surface area contributed by atoms with Crippen LogP contribution in [0.25, 0.3) is 0 Å². The van der Waals surface area contributed by atoms with Crippen molar-refractivity contribution in [3.05, 3.63) is 71.9 Å². The Balaban J connectivity index is 1.67. The van der Waals surface area contributed by atoms with Crippen LogP contribution in [0.5, 0.6) is 0 Å². The average molecular weight is 351 g/mol. The Kier molecular flexibility index (Phi) is 5.48. The quantitative estimate of drug-likeness (QED) is 0.710. The lowest BCUT2D eigenvalue weighted by Crippen LogP contribution is -2.08. The minimum atomic E-state index is -0.425. The molecule has 0 saturated carbocycles. The van der Waals surface area contributed by atoms with Crippen molar-refractivity contribution in [1.82, 2.24) is 15.0 Å². The molecular weight excluding hydrogens is 333 g/mol. The number of rotatable bonds is 6. The van der Waals surface area contributed by atoms with Crippen molar-refractivity contribution < 1.29 is 9.18 Å². The van der Waals surface area contributed by atoms with Crippen molar-refractivity contribution >= 4 is 23.4 Å². The number of pyridine rings is 1. The Morgan fingerprint density at radius 1 is 1.04 bits per heavy atom. The van der Waals surface area contributed by atoms with Crippen LogP contribution in [-0.4, -0.2) is 20.9 Å². The van der Waals surface area contributed by atoms with E-state index in [4.69, 9.17) is 0 Å². The molecule has 2 N–H and O–H groups in total. The van der Waals surface area contributed by atoms with Gasteiger partial charge in [0, 0.05) is 6.92 Å². The second kappa shape index (κ2) is 8.15. The zero-order valence-electron chi connectivity index (χ0n) is 14.2. The summed E-state index contributed by atoms with van der Waals surface area (Å²) in [4.78, 5) is 23.3. The maximum Gasteiger partial charge on any atom is 0.227 e. The Bertz CT molecular complexity index is 884. The summed E-state index contributed by atoms with van der Waals surface area (Å²) in [6.45, 7) is 1.41. The standard InChI is InChI=1S/C19H18FN5O/c1-13(26)23-18-10-8-15(11-21-18)24-19-22-12-16(20)17(25-19)9-7-14-5-3-2-4-6-14/h2-6,8,10-12H,7,9H2,1H3,(H,21,23,26)(H,22,24,25). The third kappa shape index (κ3) is 4.83. The van der Waals surface area contributed by atoms with E-state index in [0.717, 1.165) is 11.8 Å². The largest absolute Gasteiger partial charge is 0.323 e. The molecule has 2 aromatic heterocycles. The van der Waals surface area contributed by atoms with E-state index in [1.807, 2.05) is 30.3 Å². The lowest BCUT2D eigenvalue weighted by Gasteiger charge is -2.08. The monoisotopic (exact) mass is 351 g/mol. The minimum absolute atomic E-state index is 0.192. The number of aromatic nitrogens is 3. The number of nitrogens with zero attached hydrogens (tertiary/aromatic N) is 3. The lowest BCUT2D eigenvalue weighted by molar-refractivity contribution is -0.114. The average Bonchev–Trinajstić information content (AvgIpc) is 2.64. The van der Waals surface area contributed by atoms with Gasteiger partial charge in [-0.05, 0) is 30.5 Å². The summed E-state index contributed by atoms with van der Waals surface area (Å²) < 4.78 is 14.0. The first kappa shape index (κ1) is 17.5. The van der Waals surface area contributed by atoms with E-state index < -0.39 is 5.82 Å². The molecule has 7 heteroatoms. The molecule has 0 spiro atoms.